The maximum atomic E-state index is 0. The predicted octanol–water partition coefficient (Wildman–Crippen LogP) is 11.8. The van der Waals surface area contributed by atoms with Crippen molar-refractivity contribution >= 4 is 47.8 Å². The predicted molar refractivity (Wildman–Crippen MR) is 156 cm³/mol. The van der Waals surface area contributed by atoms with Crippen LogP contribution in [0.5, 0.6) is 0 Å². The first-order chi connectivity index (χ1) is 0. The van der Waals surface area contributed by atoms with E-state index in [2.05, 4.69) is 0 Å². The Labute approximate surface area is 208 Å². The van der Waals surface area contributed by atoms with Gasteiger partial charge in [-0.05, 0) is 0 Å². The zero-order valence-corrected chi connectivity index (χ0v) is 7.21. The van der Waals surface area contributed by atoms with Gasteiger partial charge >= 0.3 is 47.8 Å². The summed E-state index contributed by atoms with van der Waals surface area (Å²) in [6, 6.07) is 0. The Bertz CT molecular complexity index is 15.8. The molecule has 0 spiro atoms. The minimum atomic E-state index is 0. The summed E-state index contributed by atoms with van der Waals surface area (Å²) in [4.78, 5) is 0. The topological polar surface area (TPSA) is 31.5 Å². The van der Waals surface area contributed by atoms with E-state index in [1.54, 1.807) is 0 Å². The molecular weight excluding hydrogens is 506 g/mol. The largest absolute Gasteiger partial charge is 4.00 e. The Morgan fingerprint density at radius 1 is 0.167 bits per heavy atom. The molecule has 0 saturated carbocycles. The Kier molecular flexibility index (Phi) is 1490000. The van der Waals surface area contributed by atoms with Gasteiger partial charge in [-0.3, -0.25) is 0 Å². The Morgan fingerprint density at radius 2 is 0.167 bits per heavy atom. The Balaban J connectivity index is 0. The van der Waals surface area contributed by atoms with Gasteiger partial charge in [0.25, 0.3) is 0 Å². The van der Waals surface area contributed by atoms with E-state index < -0.39 is 0 Å². The van der Waals surface area contributed by atoms with Gasteiger partial charge in [-0.25, -0.2) is 0 Å². The van der Waals surface area contributed by atoms with Crippen LogP contribution in [-0.2, 0) is 0 Å². The van der Waals surface area contributed by atoms with Crippen molar-refractivity contribution in [1.82, 2.24) is 0 Å². The first-order valence-corrected chi connectivity index (χ1v) is 0. The minimum absolute atomic E-state index is 0. The molecule has 178 valence electrons. The summed E-state index contributed by atoms with van der Waals surface area (Å²) in [6.45, 7) is 0. The third-order valence-corrected chi connectivity index (χ3v) is 0. The van der Waals surface area contributed by atoms with Crippen molar-refractivity contribution in [2.75, 3.05) is 0 Å². The molecular formula is C21H86OSn2+6. The molecule has 0 amide bonds. The third-order valence-electron chi connectivity index (χ3n) is 0. The van der Waals surface area contributed by atoms with Crippen molar-refractivity contribution in [1.29, 1.82) is 0 Å². The maximum Gasteiger partial charge on any atom is 4.00 e. The van der Waals surface area contributed by atoms with Crippen LogP contribution in [0.1, 0.15) is 156 Å². The minimum Gasteiger partial charge on any atom is -0.412 e. The van der Waals surface area contributed by atoms with E-state index in [0.29, 0.717) is 0 Å². The molecule has 0 unspecified atom stereocenters. The van der Waals surface area contributed by atoms with Crippen LogP contribution in [0.25, 0.3) is 0 Å². The molecule has 0 aliphatic carbocycles. The third kappa shape index (κ3) is 4940. The van der Waals surface area contributed by atoms with Crippen LogP contribution < -0.4 is 0 Å². The molecule has 0 fully saturated rings. The Hall–Kier alpha value is 1.56. The average Bonchev–Trinajstić information content (AvgIpc) is 0. The first-order valence-electron chi connectivity index (χ1n) is 0. The summed E-state index contributed by atoms with van der Waals surface area (Å²) < 4.78 is 0. The summed E-state index contributed by atoms with van der Waals surface area (Å²) in [6.07, 6.45) is 0. The molecule has 0 aliphatic rings. The van der Waals surface area contributed by atoms with Gasteiger partial charge < -0.3 is 5.48 Å². The van der Waals surface area contributed by atoms with E-state index >= 15 is 0 Å². The van der Waals surface area contributed by atoms with Gasteiger partial charge in [0.1, 0.15) is 0 Å². The van der Waals surface area contributed by atoms with Crippen molar-refractivity contribution in [3.05, 3.63) is 0 Å². The van der Waals surface area contributed by atoms with E-state index in [9.17, 15) is 0 Å². The Morgan fingerprint density at radius 3 is 0.167 bits per heavy atom. The molecule has 0 aliphatic heterocycles. The molecule has 0 aromatic heterocycles. The molecule has 0 aromatic carbocycles. The van der Waals surface area contributed by atoms with Gasteiger partial charge in [0.05, 0.1) is 0 Å². The van der Waals surface area contributed by atoms with E-state index in [0.717, 1.165) is 0 Å². The zero-order chi connectivity index (χ0) is 0. The fourth-order valence-electron chi connectivity index (χ4n) is 0. The maximum absolute atomic E-state index is 0. The molecule has 2 radical (unpaired) electrons. The van der Waals surface area contributed by atoms with Gasteiger partial charge in [-0.1, -0.05) is 156 Å². The second kappa shape index (κ2) is 5620. The summed E-state index contributed by atoms with van der Waals surface area (Å²) in [5.74, 6) is 0. The van der Waals surface area contributed by atoms with Crippen molar-refractivity contribution in [3.63, 3.8) is 0 Å². The van der Waals surface area contributed by atoms with Crippen LogP contribution in [-0.4, -0.2) is 53.3 Å². The van der Waals surface area contributed by atoms with Gasteiger partial charge in [0, 0.05) is 0 Å². The van der Waals surface area contributed by atoms with Crippen LogP contribution in [0, 0.1) is 0 Å². The molecule has 0 saturated heterocycles. The van der Waals surface area contributed by atoms with Crippen LogP contribution in [0.4, 0.5) is 0 Å². The smallest absolute Gasteiger partial charge is 0.412 e. The van der Waals surface area contributed by atoms with Crippen LogP contribution >= 0.6 is 0 Å². The van der Waals surface area contributed by atoms with E-state index in [1.807, 2.05) is 0 Å². The van der Waals surface area contributed by atoms with E-state index in [-0.39, 0.29) is 209 Å². The SMILES string of the molecule is C.C.C.C.C.C.C.C.C.C.C.C.C.C.C.C.C.C.C.C.C.O.[Sn+2].[Sn+4]. The number of hydrogen-bond donors (Lipinski definition) is 0. The van der Waals surface area contributed by atoms with Crippen molar-refractivity contribution in [2.24, 2.45) is 0 Å². The average molecular weight is 592 g/mol. The molecule has 0 atom stereocenters. The van der Waals surface area contributed by atoms with Gasteiger partial charge in [-0.2, -0.15) is 0 Å². The fourth-order valence-corrected chi connectivity index (χ4v) is 0. The summed E-state index contributed by atoms with van der Waals surface area (Å²) >= 11 is 0. The molecule has 0 aromatic rings. The molecule has 3 heteroatoms. The number of rotatable bonds is 0. The summed E-state index contributed by atoms with van der Waals surface area (Å²) in [7, 11) is 0. The standard InChI is InChI=1S/21CH4.H2O.2Sn/h21*1H4;1H2;;/q;;;;;;;;;;;;;;;;;;;;;;+2;+4. The second-order valence-electron chi connectivity index (χ2n) is 0. The van der Waals surface area contributed by atoms with Crippen LogP contribution in [0.2, 0.25) is 0 Å². The fraction of sp³-hybridized carbons (Fsp3) is 1.00. The van der Waals surface area contributed by atoms with Gasteiger partial charge in [0.15, 0.2) is 0 Å². The van der Waals surface area contributed by atoms with Gasteiger partial charge in [0.2, 0.25) is 0 Å². The van der Waals surface area contributed by atoms with Crippen LogP contribution in [0.3, 0.4) is 0 Å². The van der Waals surface area contributed by atoms with Crippen LogP contribution in [0.15, 0.2) is 0 Å². The monoisotopic (exact) mass is 594 g/mol. The van der Waals surface area contributed by atoms with Crippen molar-refractivity contribution in [3.8, 4) is 0 Å². The zero-order valence-electron chi connectivity index (χ0n) is 1.50. The van der Waals surface area contributed by atoms with Gasteiger partial charge in [-0.15, -0.1) is 0 Å². The van der Waals surface area contributed by atoms with E-state index in [4.69, 9.17) is 0 Å². The van der Waals surface area contributed by atoms with Crippen molar-refractivity contribution < 1.29 is 5.48 Å². The second-order valence-corrected chi connectivity index (χ2v) is 0. The molecule has 0 rings (SSSR count). The molecule has 0 heterocycles. The summed E-state index contributed by atoms with van der Waals surface area (Å²) in [5, 5.41) is 0. The van der Waals surface area contributed by atoms with E-state index in [1.165, 1.54) is 0 Å². The van der Waals surface area contributed by atoms with Crippen molar-refractivity contribution in [2.45, 2.75) is 156 Å². The molecule has 1 nitrogen and oxygen atoms in total. The molecule has 2 N–H and O–H groups in total. The quantitative estimate of drug-likeness (QED) is 0.251. The molecule has 0 bridgehead atoms. The number of hydrogen-bond acceptors (Lipinski definition) is 0. The first kappa shape index (κ1) is 6350. The summed E-state index contributed by atoms with van der Waals surface area (Å²) in [5.41, 5.74) is 0. The molecule has 24 heavy (non-hydrogen) atoms. The normalized spacial score (nSPS) is 0.